The predicted molar refractivity (Wildman–Crippen MR) is 81.9 cm³/mol. The number of benzene rings is 2. The van der Waals surface area contributed by atoms with Gasteiger partial charge in [-0.2, -0.15) is 0 Å². The van der Waals surface area contributed by atoms with E-state index in [0.717, 1.165) is 22.1 Å². The van der Waals surface area contributed by atoms with Gasteiger partial charge in [0, 0.05) is 39.4 Å². The summed E-state index contributed by atoms with van der Waals surface area (Å²) in [6.07, 6.45) is 3.56. The molecule has 2 aromatic carbocycles. The number of nitrogens with two attached hydrogens (primary N) is 1. The van der Waals surface area contributed by atoms with E-state index in [1.165, 1.54) is 0 Å². The van der Waals surface area contributed by atoms with Gasteiger partial charge in [-0.3, -0.25) is 4.98 Å². The summed E-state index contributed by atoms with van der Waals surface area (Å²) >= 11 is 6.14. The molecule has 1 aromatic heterocycles. The Bertz CT molecular complexity index is 733. The van der Waals surface area contributed by atoms with Crippen molar-refractivity contribution in [3.8, 4) is 5.75 Å². The molecule has 0 aliphatic rings. The van der Waals surface area contributed by atoms with E-state index in [1.54, 1.807) is 6.20 Å². The Morgan fingerprint density at radius 1 is 1.10 bits per heavy atom. The second-order valence-electron chi connectivity index (χ2n) is 4.45. The molecule has 0 spiro atoms. The van der Waals surface area contributed by atoms with E-state index in [1.807, 2.05) is 48.7 Å². The highest BCUT2D eigenvalue weighted by atomic mass is 35.5. The van der Waals surface area contributed by atoms with E-state index < -0.39 is 0 Å². The van der Waals surface area contributed by atoms with Gasteiger partial charge < -0.3 is 10.5 Å². The summed E-state index contributed by atoms with van der Waals surface area (Å²) < 4.78 is 5.87. The molecule has 0 atom stereocenters. The third-order valence-corrected chi connectivity index (χ3v) is 3.52. The molecule has 0 bridgehead atoms. The molecule has 0 amide bonds. The van der Waals surface area contributed by atoms with E-state index in [4.69, 9.17) is 22.1 Å². The third kappa shape index (κ3) is 2.40. The van der Waals surface area contributed by atoms with Gasteiger partial charge in [-0.15, -0.1) is 0 Å². The number of ether oxygens (including phenoxy) is 1. The quantitative estimate of drug-likeness (QED) is 0.738. The molecule has 4 heteroatoms. The van der Waals surface area contributed by atoms with E-state index >= 15 is 0 Å². The summed E-state index contributed by atoms with van der Waals surface area (Å²) in [7, 11) is 0. The Labute approximate surface area is 122 Å². The molecular weight excluding hydrogens is 272 g/mol. The molecule has 0 fully saturated rings. The van der Waals surface area contributed by atoms with E-state index in [0.29, 0.717) is 17.3 Å². The zero-order valence-corrected chi connectivity index (χ0v) is 11.5. The fourth-order valence-electron chi connectivity index (χ4n) is 2.10. The van der Waals surface area contributed by atoms with Crippen molar-refractivity contribution in [3.05, 3.63) is 65.4 Å². The maximum atomic E-state index is 6.14. The van der Waals surface area contributed by atoms with Crippen LogP contribution in [0.15, 0.2) is 54.9 Å². The molecule has 0 unspecified atom stereocenters. The zero-order valence-electron chi connectivity index (χ0n) is 10.7. The van der Waals surface area contributed by atoms with Crippen LogP contribution in [0.1, 0.15) is 5.56 Å². The van der Waals surface area contributed by atoms with Crippen molar-refractivity contribution < 1.29 is 4.74 Å². The van der Waals surface area contributed by atoms with Crippen LogP contribution in [-0.2, 0) is 6.61 Å². The van der Waals surface area contributed by atoms with Gasteiger partial charge in [-0.1, -0.05) is 29.8 Å². The van der Waals surface area contributed by atoms with Gasteiger partial charge in [0.2, 0.25) is 0 Å². The first-order valence-electron chi connectivity index (χ1n) is 6.24. The van der Waals surface area contributed by atoms with Gasteiger partial charge in [-0.25, -0.2) is 0 Å². The molecule has 2 N–H and O–H groups in total. The fraction of sp³-hybridized carbons (Fsp3) is 0.0625. The Hall–Kier alpha value is -2.26. The number of nitrogens with zero attached hydrogens (tertiary/aromatic N) is 1. The number of anilines is 1. The largest absolute Gasteiger partial charge is 0.488 e. The summed E-state index contributed by atoms with van der Waals surface area (Å²) in [5.74, 6) is 0.796. The van der Waals surface area contributed by atoms with Crippen LogP contribution in [0, 0.1) is 0 Å². The number of rotatable bonds is 3. The number of fused-ring (bicyclic) bond motifs is 1. The Balaban J connectivity index is 1.91. The highest BCUT2D eigenvalue weighted by molar-refractivity contribution is 6.31. The minimum absolute atomic E-state index is 0.340. The first-order chi connectivity index (χ1) is 9.75. The van der Waals surface area contributed by atoms with Gasteiger partial charge in [0.15, 0.2) is 0 Å². The number of hydrogen-bond acceptors (Lipinski definition) is 3. The van der Waals surface area contributed by atoms with Crippen LogP contribution in [0.4, 0.5) is 5.69 Å². The lowest BCUT2D eigenvalue weighted by atomic mass is 10.1. The van der Waals surface area contributed by atoms with E-state index in [9.17, 15) is 0 Å². The third-order valence-electron chi connectivity index (χ3n) is 3.17. The van der Waals surface area contributed by atoms with Crippen LogP contribution in [-0.4, -0.2) is 4.98 Å². The summed E-state index contributed by atoms with van der Waals surface area (Å²) in [4.78, 5) is 4.10. The van der Waals surface area contributed by atoms with Crippen LogP contribution in [0.5, 0.6) is 5.75 Å². The Kier molecular flexibility index (Phi) is 3.44. The van der Waals surface area contributed by atoms with Crippen LogP contribution in [0.25, 0.3) is 10.8 Å². The van der Waals surface area contributed by atoms with Gasteiger partial charge in [-0.05, 0) is 24.3 Å². The Morgan fingerprint density at radius 3 is 2.80 bits per heavy atom. The monoisotopic (exact) mass is 284 g/mol. The molecule has 0 saturated carbocycles. The van der Waals surface area contributed by atoms with Gasteiger partial charge in [0.1, 0.15) is 12.4 Å². The summed E-state index contributed by atoms with van der Waals surface area (Å²) in [6.45, 7) is 0.340. The van der Waals surface area contributed by atoms with Gasteiger partial charge in [0.05, 0.1) is 0 Å². The summed E-state index contributed by atoms with van der Waals surface area (Å²) in [5.41, 5.74) is 7.37. The maximum Gasteiger partial charge on any atom is 0.127 e. The van der Waals surface area contributed by atoms with Crippen molar-refractivity contribution in [1.29, 1.82) is 0 Å². The average Bonchev–Trinajstić information content (AvgIpc) is 2.47. The van der Waals surface area contributed by atoms with Crippen LogP contribution < -0.4 is 10.5 Å². The molecule has 0 aliphatic heterocycles. The molecule has 3 rings (SSSR count). The molecule has 0 saturated heterocycles. The molecule has 3 nitrogen and oxygen atoms in total. The lowest BCUT2D eigenvalue weighted by molar-refractivity contribution is 0.311. The second-order valence-corrected chi connectivity index (χ2v) is 4.86. The standard InChI is InChI=1S/C16H13ClN2O/c17-14-4-2-5-15(18)13(14)10-20-16-6-1-3-11-9-19-8-7-12(11)16/h1-9H,10,18H2. The molecule has 100 valence electrons. The number of pyridine rings is 1. The van der Waals surface area contributed by atoms with Crippen molar-refractivity contribution in [3.63, 3.8) is 0 Å². The summed E-state index contributed by atoms with van der Waals surface area (Å²) in [5, 5.41) is 2.68. The molecule has 0 radical (unpaired) electrons. The highest BCUT2D eigenvalue weighted by Gasteiger charge is 2.07. The molecule has 3 aromatic rings. The van der Waals surface area contributed by atoms with Crippen LogP contribution in [0.2, 0.25) is 5.02 Å². The highest BCUT2D eigenvalue weighted by Crippen LogP contribution is 2.28. The van der Waals surface area contributed by atoms with Crippen LogP contribution >= 0.6 is 11.6 Å². The zero-order chi connectivity index (χ0) is 13.9. The van der Waals surface area contributed by atoms with Crippen molar-refractivity contribution >= 4 is 28.1 Å². The minimum Gasteiger partial charge on any atom is -0.488 e. The van der Waals surface area contributed by atoms with Gasteiger partial charge >= 0.3 is 0 Å². The SMILES string of the molecule is Nc1cccc(Cl)c1COc1cccc2cnccc12. The van der Waals surface area contributed by atoms with Crippen LogP contribution in [0.3, 0.4) is 0 Å². The maximum absolute atomic E-state index is 6.14. The fourth-order valence-corrected chi connectivity index (χ4v) is 2.33. The minimum atomic E-state index is 0.340. The lowest BCUT2D eigenvalue weighted by Gasteiger charge is -2.12. The number of nitrogen functional groups attached to an aromatic ring is 1. The molecule has 0 aliphatic carbocycles. The lowest BCUT2D eigenvalue weighted by Crippen LogP contribution is -2.01. The molecule has 20 heavy (non-hydrogen) atoms. The van der Waals surface area contributed by atoms with E-state index in [2.05, 4.69) is 4.98 Å². The average molecular weight is 285 g/mol. The van der Waals surface area contributed by atoms with Crippen molar-refractivity contribution in [1.82, 2.24) is 4.98 Å². The number of aromatic nitrogens is 1. The Morgan fingerprint density at radius 2 is 1.95 bits per heavy atom. The second kappa shape index (κ2) is 5.39. The summed E-state index contributed by atoms with van der Waals surface area (Å²) in [6, 6.07) is 13.2. The first-order valence-corrected chi connectivity index (χ1v) is 6.62. The van der Waals surface area contributed by atoms with Crippen molar-refractivity contribution in [2.24, 2.45) is 0 Å². The number of halogens is 1. The van der Waals surface area contributed by atoms with E-state index in [-0.39, 0.29) is 0 Å². The molecule has 1 heterocycles. The smallest absolute Gasteiger partial charge is 0.127 e. The normalized spacial score (nSPS) is 10.7. The number of hydrogen-bond donors (Lipinski definition) is 1. The predicted octanol–water partition coefficient (Wildman–Crippen LogP) is 4.05. The van der Waals surface area contributed by atoms with Gasteiger partial charge in [0.25, 0.3) is 0 Å². The van der Waals surface area contributed by atoms with Crippen molar-refractivity contribution in [2.75, 3.05) is 5.73 Å². The first kappa shape index (κ1) is 12.8. The molecular formula is C16H13ClN2O. The topological polar surface area (TPSA) is 48.1 Å². The van der Waals surface area contributed by atoms with Crippen molar-refractivity contribution in [2.45, 2.75) is 6.61 Å².